The predicted molar refractivity (Wildman–Crippen MR) is 69.0 cm³/mol. The summed E-state index contributed by atoms with van der Waals surface area (Å²) in [5.74, 6) is 0. The van der Waals surface area contributed by atoms with Gasteiger partial charge in [-0.3, -0.25) is 4.90 Å². The fourth-order valence-electron chi connectivity index (χ4n) is 2.35. The molecular formula is C13H30N2. The molecule has 15 heavy (non-hydrogen) atoms. The van der Waals surface area contributed by atoms with E-state index in [1.54, 1.807) is 0 Å². The first kappa shape index (κ1) is 14.9. The average molecular weight is 214 g/mol. The van der Waals surface area contributed by atoms with Crippen LogP contribution >= 0.6 is 0 Å². The van der Waals surface area contributed by atoms with Crippen molar-refractivity contribution >= 4 is 0 Å². The zero-order chi connectivity index (χ0) is 12.4. The fourth-order valence-corrected chi connectivity index (χ4v) is 2.35. The Bertz CT molecular complexity index is 189. The Kier molecular flexibility index (Phi) is 4.81. The molecule has 0 rings (SSSR count). The van der Waals surface area contributed by atoms with E-state index in [4.69, 9.17) is 5.73 Å². The molecule has 0 radical (unpaired) electrons. The van der Waals surface area contributed by atoms with E-state index < -0.39 is 0 Å². The van der Waals surface area contributed by atoms with Gasteiger partial charge >= 0.3 is 0 Å². The molecule has 0 saturated carbocycles. The monoisotopic (exact) mass is 214 g/mol. The van der Waals surface area contributed by atoms with Crippen LogP contribution in [0.5, 0.6) is 0 Å². The van der Waals surface area contributed by atoms with Crippen LogP contribution in [-0.2, 0) is 0 Å². The van der Waals surface area contributed by atoms with Gasteiger partial charge in [-0.25, -0.2) is 0 Å². The van der Waals surface area contributed by atoms with Gasteiger partial charge in [-0.15, -0.1) is 0 Å². The average Bonchev–Trinajstić information content (AvgIpc) is 2.00. The molecule has 2 unspecified atom stereocenters. The van der Waals surface area contributed by atoms with E-state index in [9.17, 15) is 0 Å². The third kappa shape index (κ3) is 3.76. The van der Waals surface area contributed by atoms with Crippen LogP contribution in [0.2, 0.25) is 0 Å². The molecule has 0 aromatic rings. The lowest BCUT2D eigenvalue weighted by Gasteiger charge is -2.48. The first-order valence-corrected chi connectivity index (χ1v) is 6.02. The smallest absolute Gasteiger partial charge is 0.0295 e. The quantitative estimate of drug-likeness (QED) is 0.779. The first-order chi connectivity index (χ1) is 6.54. The molecule has 0 aromatic carbocycles. The molecule has 0 fully saturated rings. The van der Waals surface area contributed by atoms with Crippen molar-refractivity contribution in [2.24, 2.45) is 11.1 Å². The zero-order valence-corrected chi connectivity index (χ0v) is 11.9. The van der Waals surface area contributed by atoms with Crippen LogP contribution < -0.4 is 5.73 Å². The van der Waals surface area contributed by atoms with E-state index in [0.717, 1.165) is 6.42 Å². The van der Waals surface area contributed by atoms with Crippen LogP contribution in [0.4, 0.5) is 0 Å². The van der Waals surface area contributed by atoms with E-state index in [1.165, 1.54) is 0 Å². The van der Waals surface area contributed by atoms with Crippen LogP contribution in [0.15, 0.2) is 0 Å². The Hall–Kier alpha value is -0.0800. The molecule has 0 aromatic heterocycles. The Labute approximate surface area is 96.2 Å². The Morgan fingerprint density at radius 3 is 1.73 bits per heavy atom. The van der Waals surface area contributed by atoms with Crippen LogP contribution in [-0.4, -0.2) is 29.6 Å². The predicted octanol–water partition coefficient (Wildman–Crippen LogP) is 2.87. The maximum absolute atomic E-state index is 6.13. The highest BCUT2D eigenvalue weighted by Crippen LogP contribution is 2.31. The topological polar surface area (TPSA) is 29.3 Å². The summed E-state index contributed by atoms with van der Waals surface area (Å²) < 4.78 is 0. The summed E-state index contributed by atoms with van der Waals surface area (Å²) in [6.45, 7) is 15.7. The molecule has 0 saturated heterocycles. The van der Waals surface area contributed by atoms with Crippen molar-refractivity contribution in [3.63, 3.8) is 0 Å². The second-order valence-corrected chi connectivity index (χ2v) is 6.45. The van der Waals surface area contributed by atoms with Crippen molar-refractivity contribution in [2.45, 2.75) is 72.5 Å². The van der Waals surface area contributed by atoms with Gasteiger partial charge in [-0.05, 0) is 39.7 Å². The van der Waals surface area contributed by atoms with Crippen molar-refractivity contribution < 1.29 is 0 Å². The third-order valence-electron chi connectivity index (χ3n) is 3.62. The molecule has 0 aliphatic rings. The SMILES string of the molecule is CCC(C)(C)N(C)C(C(C)N)C(C)(C)C. The Morgan fingerprint density at radius 1 is 1.13 bits per heavy atom. The summed E-state index contributed by atoms with van der Waals surface area (Å²) >= 11 is 0. The van der Waals surface area contributed by atoms with E-state index in [1.807, 2.05) is 0 Å². The van der Waals surface area contributed by atoms with Gasteiger partial charge in [0.1, 0.15) is 0 Å². The first-order valence-electron chi connectivity index (χ1n) is 6.02. The van der Waals surface area contributed by atoms with Gasteiger partial charge in [0, 0.05) is 17.6 Å². The van der Waals surface area contributed by atoms with E-state index in [0.29, 0.717) is 6.04 Å². The van der Waals surface area contributed by atoms with E-state index in [2.05, 4.69) is 60.4 Å². The summed E-state index contributed by atoms with van der Waals surface area (Å²) in [7, 11) is 2.20. The van der Waals surface area contributed by atoms with Crippen molar-refractivity contribution in [2.75, 3.05) is 7.05 Å². The third-order valence-corrected chi connectivity index (χ3v) is 3.62. The van der Waals surface area contributed by atoms with Crippen LogP contribution in [0.3, 0.4) is 0 Å². The standard InChI is InChI=1S/C13H30N2/c1-9-13(6,7)15(8)11(10(2)14)12(3,4)5/h10-11H,9,14H2,1-8H3. The van der Waals surface area contributed by atoms with Crippen LogP contribution in [0.25, 0.3) is 0 Å². The highest BCUT2D eigenvalue weighted by atomic mass is 15.2. The maximum Gasteiger partial charge on any atom is 0.0295 e. The summed E-state index contributed by atoms with van der Waals surface area (Å²) in [6, 6.07) is 0.605. The molecular weight excluding hydrogens is 184 g/mol. The summed E-state index contributed by atoms with van der Waals surface area (Å²) in [6.07, 6.45) is 1.14. The number of likely N-dealkylation sites (N-methyl/N-ethyl adjacent to an activating group) is 1. The maximum atomic E-state index is 6.13. The molecule has 0 amide bonds. The Morgan fingerprint density at radius 2 is 1.53 bits per heavy atom. The molecule has 2 N–H and O–H groups in total. The second-order valence-electron chi connectivity index (χ2n) is 6.45. The lowest BCUT2D eigenvalue weighted by molar-refractivity contribution is 0.0236. The lowest BCUT2D eigenvalue weighted by atomic mass is 9.79. The minimum absolute atomic E-state index is 0.195. The van der Waals surface area contributed by atoms with Gasteiger partial charge in [0.25, 0.3) is 0 Å². The highest BCUT2D eigenvalue weighted by Gasteiger charge is 2.37. The summed E-state index contributed by atoms with van der Waals surface area (Å²) in [5, 5.41) is 0. The molecule has 2 heteroatoms. The lowest BCUT2D eigenvalue weighted by Crippen LogP contribution is -2.58. The van der Waals surface area contributed by atoms with Crippen molar-refractivity contribution in [1.29, 1.82) is 0 Å². The molecule has 0 aliphatic heterocycles. The largest absolute Gasteiger partial charge is 0.327 e. The van der Waals surface area contributed by atoms with Crippen LogP contribution in [0.1, 0.15) is 54.9 Å². The number of hydrogen-bond acceptors (Lipinski definition) is 2. The van der Waals surface area contributed by atoms with Gasteiger partial charge in [0.15, 0.2) is 0 Å². The second kappa shape index (κ2) is 4.84. The zero-order valence-electron chi connectivity index (χ0n) is 11.9. The highest BCUT2D eigenvalue weighted by molar-refractivity contribution is 4.93. The van der Waals surface area contributed by atoms with Gasteiger partial charge in [-0.2, -0.15) is 0 Å². The van der Waals surface area contributed by atoms with E-state index in [-0.39, 0.29) is 17.0 Å². The summed E-state index contributed by atoms with van der Waals surface area (Å²) in [4.78, 5) is 2.44. The molecule has 0 aliphatic carbocycles. The molecule has 0 spiro atoms. The Balaban J connectivity index is 4.96. The number of hydrogen-bond donors (Lipinski definition) is 1. The summed E-state index contributed by atoms with van der Waals surface area (Å²) in [5.41, 5.74) is 6.56. The number of rotatable bonds is 4. The fraction of sp³-hybridized carbons (Fsp3) is 1.00. The number of nitrogens with zero attached hydrogens (tertiary/aromatic N) is 1. The number of nitrogens with two attached hydrogens (primary N) is 1. The van der Waals surface area contributed by atoms with Crippen molar-refractivity contribution in [1.82, 2.24) is 4.90 Å². The van der Waals surface area contributed by atoms with Gasteiger partial charge < -0.3 is 5.73 Å². The van der Waals surface area contributed by atoms with Crippen molar-refractivity contribution in [3.8, 4) is 0 Å². The van der Waals surface area contributed by atoms with Gasteiger partial charge in [0.2, 0.25) is 0 Å². The molecule has 2 nitrogen and oxygen atoms in total. The molecule has 0 bridgehead atoms. The van der Waals surface area contributed by atoms with Gasteiger partial charge in [0.05, 0.1) is 0 Å². The molecule has 0 heterocycles. The minimum atomic E-state index is 0.195. The normalized spacial score (nSPS) is 18.0. The minimum Gasteiger partial charge on any atom is -0.327 e. The van der Waals surface area contributed by atoms with Crippen molar-refractivity contribution in [3.05, 3.63) is 0 Å². The van der Waals surface area contributed by atoms with E-state index >= 15 is 0 Å². The molecule has 92 valence electrons. The molecule has 2 atom stereocenters. The van der Waals surface area contributed by atoms with Gasteiger partial charge in [-0.1, -0.05) is 27.7 Å². The van der Waals surface area contributed by atoms with Crippen LogP contribution in [0, 0.1) is 5.41 Å².